The van der Waals surface area contributed by atoms with Gasteiger partial charge in [0, 0.05) is 83.0 Å². The van der Waals surface area contributed by atoms with E-state index in [0.29, 0.717) is 30.2 Å². The highest BCUT2D eigenvalue weighted by Crippen LogP contribution is 2.81. The summed E-state index contributed by atoms with van der Waals surface area (Å²) in [5.74, 6) is -3.57. The summed E-state index contributed by atoms with van der Waals surface area (Å²) < 4.78 is 55.6. The van der Waals surface area contributed by atoms with E-state index in [-0.39, 0.29) is 25.0 Å². The SMILES string of the molecule is CCN1C[C@]2(COC)[C@H](OC(=O)c3ccc(OC)cc3)C[C@H](OC)C34C1C([C@H](OC)[C@@H]32)[C@]1(OC(C)=O)[C@H]2[C@@H](OC(=O)c3ccc(OC)cc3)[C@@](O)(C[C@@H]24)[C@@H](OC)[C@@H]1O. The van der Waals surface area contributed by atoms with E-state index in [9.17, 15) is 24.6 Å². The molecule has 1 saturated heterocycles. The lowest BCUT2D eigenvalue weighted by Gasteiger charge is -2.70. The molecule has 15 nitrogen and oxygen atoms in total. The number of carbonyl (C=O) groups excluding carboxylic acids is 3. The molecule has 2 N–H and O–H groups in total. The molecule has 2 aromatic carbocycles. The highest BCUT2D eigenvalue weighted by molar-refractivity contribution is 5.90. The van der Waals surface area contributed by atoms with Gasteiger partial charge >= 0.3 is 17.9 Å². The molecule has 0 aromatic heterocycles. The van der Waals surface area contributed by atoms with Crippen LogP contribution >= 0.6 is 0 Å². The molecule has 3 unspecified atom stereocenters. The third-order valence-electron chi connectivity index (χ3n) is 15.0. The molecule has 2 aromatic rings. The number of benzene rings is 2. The molecular formula is C43H55NO14. The molecule has 8 rings (SSSR count). The van der Waals surface area contributed by atoms with Crippen LogP contribution in [0, 0.1) is 34.5 Å². The van der Waals surface area contributed by atoms with Gasteiger partial charge in [0.15, 0.2) is 5.60 Å². The van der Waals surface area contributed by atoms with Crippen LogP contribution in [0.15, 0.2) is 48.5 Å². The van der Waals surface area contributed by atoms with Crippen molar-refractivity contribution in [2.45, 2.75) is 80.6 Å². The Labute approximate surface area is 338 Å². The first-order chi connectivity index (χ1) is 27.8. The van der Waals surface area contributed by atoms with Crippen molar-refractivity contribution >= 4 is 17.9 Å². The minimum Gasteiger partial charge on any atom is -0.497 e. The predicted octanol–water partition coefficient (Wildman–Crippen LogP) is 2.53. The number of rotatable bonds is 13. The van der Waals surface area contributed by atoms with E-state index in [4.69, 9.17) is 42.6 Å². The molecule has 5 saturated carbocycles. The monoisotopic (exact) mass is 809 g/mol. The van der Waals surface area contributed by atoms with Crippen molar-refractivity contribution in [3.05, 3.63) is 59.7 Å². The average molecular weight is 810 g/mol. The number of hydrogen-bond donors (Lipinski definition) is 2. The fourth-order valence-corrected chi connectivity index (χ4v) is 13.5. The smallest absolute Gasteiger partial charge is 0.338 e. The van der Waals surface area contributed by atoms with Crippen LogP contribution in [-0.2, 0) is 38.0 Å². The van der Waals surface area contributed by atoms with Gasteiger partial charge in [0.2, 0.25) is 0 Å². The maximum absolute atomic E-state index is 14.1. The number of piperidine rings is 1. The summed E-state index contributed by atoms with van der Waals surface area (Å²) in [4.78, 5) is 44.1. The average Bonchev–Trinajstić information content (AvgIpc) is 3.60. The van der Waals surface area contributed by atoms with Crippen LogP contribution in [0.1, 0.15) is 47.4 Å². The van der Waals surface area contributed by atoms with Crippen molar-refractivity contribution in [2.24, 2.45) is 34.5 Å². The van der Waals surface area contributed by atoms with E-state index in [0.717, 1.165) is 0 Å². The number of ether oxygens (including phenoxy) is 9. The second kappa shape index (κ2) is 14.7. The zero-order valence-electron chi connectivity index (χ0n) is 34.2. The highest BCUT2D eigenvalue weighted by atomic mass is 16.6. The third kappa shape index (κ3) is 5.26. The van der Waals surface area contributed by atoms with E-state index < -0.39 is 106 Å². The molecule has 316 valence electrons. The molecule has 7 bridgehead atoms. The van der Waals surface area contributed by atoms with Crippen molar-refractivity contribution in [1.82, 2.24) is 4.90 Å². The van der Waals surface area contributed by atoms with Crippen LogP contribution in [0.5, 0.6) is 11.5 Å². The fraction of sp³-hybridized carbons (Fsp3) is 0.651. The second-order valence-corrected chi connectivity index (χ2v) is 16.9. The highest BCUT2D eigenvalue weighted by Gasteiger charge is 2.92. The number of fused-ring (bicyclic) bond motifs is 2. The van der Waals surface area contributed by atoms with E-state index in [1.807, 2.05) is 6.92 Å². The van der Waals surface area contributed by atoms with Crippen LogP contribution in [0.3, 0.4) is 0 Å². The lowest BCUT2D eigenvalue weighted by molar-refractivity contribution is -0.322. The zero-order valence-corrected chi connectivity index (χ0v) is 34.2. The van der Waals surface area contributed by atoms with Crippen molar-refractivity contribution in [1.29, 1.82) is 0 Å². The molecule has 1 spiro atoms. The van der Waals surface area contributed by atoms with Gasteiger partial charge < -0.3 is 52.8 Å². The van der Waals surface area contributed by atoms with Crippen LogP contribution in [0.25, 0.3) is 0 Å². The van der Waals surface area contributed by atoms with Crippen LogP contribution < -0.4 is 9.47 Å². The molecule has 1 aliphatic heterocycles. The first-order valence-corrected chi connectivity index (χ1v) is 19.9. The maximum Gasteiger partial charge on any atom is 0.338 e. The van der Waals surface area contributed by atoms with E-state index >= 15 is 0 Å². The maximum atomic E-state index is 14.1. The molecule has 0 amide bonds. The second-order valence-electron chi connectivity index (χ2n) is 16.9. The number of likely N-dealkylation sites (tertiary alicyclic amines) is 1. The first kappa shape index (κ1) is 40.9. The quantitative estimate of drug-likeness (QED) is 0.223. The standard InChI is InChI=1S/C43H55NO14/c1-9-44-20-40(21-50-3)28(56-38(47)23-10-14-25(51-4)15-11-23)18-29(53-6)42-27-19-41(49)36(57-39(48)24-12-16-26(52-5)17-13-24)30(27)43(58-22(2)45,35(46)37(41)55-8)31(34(42)44)32(54-7)33(40)42/h10-17,27-37,46,49H,9,18-21H2,1-8H3/t27-,28+,29-,30+,31?,32-,33+,34?,35-,36+,37-,40-,41-,42?,43+/m0/s1. The number of hydrogen-bond acceptors (Lipinski definition) is 15. The lowest BCUT2D eigenvalue weighted by atomic mass is 9.42. The Balaban J connectivity index is 1.34. The lowest BCUT2D eigenvalue weighted by Crippen LogP contribution is -2.81. The zero-order chi connectivity index (χ0) is 41.5. The van der Waals surface area contributed by atoms with Gasteiger partial charge in [-0.1, -0.05) is 6.92 Å². The normalized spacial score (nSPS) is 41.7. The summed E-state index contributed by atoms with van der Waals surface area (Å²) in [6, 6.07) is 12.7. The van der Waals surface area contributed by atoms with E-state index in [2.05, 4.69) is 4.90 Å². The number of nitrogens with zero attached hydrogens (tertiary/aromatic N) is 1. The van der Waals surface area contributed by atoms with E-state index in [1.54, 1.807) is 77.0 Å². The number of methoxy groups -OCH3 is 6. The summed E-state index contributed by atoms with van der Waals surface area (Å²) in [5, 5.41) is 25.9. The van der Waals surface area contributed by atoms with Crippen molar-refractivity contribution in [3.63, 3.8) is 0 Å². The van der Waals surface area contributed by atoms with Gasteiger partial charge in [0.1, 0.15) is 41.5 Å². The van der Waals surface area contributed by atoms with Crippen LogP contribution in [0.2, 0.25) is 0 Å². The molecule has 1 heterocycles. The number of aliphatic hydroxyl groups excluding tert-OH is 1. The molecule has 5 aliphatic carbocycles. The third-order valence-corrected chi connectivity index (χ3v) is 15.0. The molecular weight excluding hydrogens is 754 g/mol. The van der Waals surface area contributed by atoms with Gasteiger partial charge in [0.25, 0.3) is 0 Å². The van der Waals surface area contributed by atoms with Gasteiger partial charge in [-0.25, -0.2) is 9.59 Å². The summed E-state index contributed by atoms with van der Waals surface area (Å²) in [5.41, 5.74) is -4.98. The van der Waals surface area contributed by atoms with Crippen LogP contribution in [-0.4, -0.2) is 149 Å². The number of aliphatic hydroxyl groups is 2. The Morgan fingerprint density at radius 1 is 0.793 bits per heavy atom. The van der Waals surface area contributed by atoms with Gasteiger partial charge in [0.05, 0.1) is 44.2 Å². The topological polar surface area (TPSA) is 178 Å². The molecule has 58 heavy (non-hydrogen) atoms. The van der Waals surface area contributed by atoms with Crippen molar-refractivity contribution < 1.29 is 67.2 Å². The summed E-state index contributed by atoms with van der Waals surface area (Å²) in [7, 11) is 9.30. The fourth-order valence-electron chi connectivity index (χ4n) is 13.5. The minimum absolute atomic E-state index is 0.00371. The van der Waals surface area contributed by atoms with Crippen LogP contribution in [0.4, 0.5) is 0 Å². The van der Waals surface area contributed by atoms with Gasteiger partial charge in [-0.05, 0) is 67.4 Å². The van der Waals surface area contributed by atoms with E-state index in [1.165, 1.54) is 21.1 Å². The Morgan fingerprint density at radius 3 is 1.90 bits per heavy atom. The molecule has 0 radical (unpaired) electrons. The van der Waals surface area contributed by atoms with Crippen molar-refractivity contribution in [2.75, 3.05) is 62.4 Å². The molecule has 15 atom stereocenters. The van der Waals surface area contributed by atoms with Gasteiger partial charge in [-0.15, -0.1) is 0 Å². The minimum atomic E-state index is -1.93. The number of carbonyl (C=O) groups is 3. The Morgan fingerprint density at radius 2 is 1.40 bits per heavy atom. The summed E-state index contributed by atoms with van der Waals surface area (Å²) >= 11 is 0. The van der Waals surface area contributed by atoms with Crippen molar-refractivity contribution in [3.8, 4) is 11.5 Å². The number of esters is 3. The summed E-state index contributed by atoms with van der Waals surface area (Å²) in [6.07, 6.45) is -6.04. The largest absolute Gasteiger partial charge is 0.497 e. The Hall–Kier alpha value is -3.83. The molecule has 6 fully saturated rings. The Kier molecular flexibility index (Phi) is 10.4. The predicted molar refractivity (Wildman–Crippen MR) is 203 cm³/mol. The Bertz CT molecular complexity index is 1890. The first-order valence-electron chi connectivity index (χ1n) is 19.9. The molecule has 6 aliphatic rings. The van der Waals surface area contributed by atoms with Gasteiger partial charge in [-0.2, -0.15) is 0 Å². The van der Waals surface area contributed by atoms with Gasteiger partial charge in [-0.3, -0.25) is 9.69 Å². The summed E-state index contributed by atoms with van der Waals surface area (Å²) in [6.45, 7) is 4.42. The molecule has 15 heteroatoms.